The van der Waals surface area contributed by atoms with Crippen LogP contribution in [0.1, 0.15) is 32.2 Å². The molecule has 1 aromatic heterocycles. The van der Waals surface area contributed by atoms with Crippen LogP contribution in [0.3, 0.4) is 0 Å². The van der Waals surface area contributed by atoms with Crippen LogP contribution in [0, 0.1) is 0 Å². The molecule has 2 aromatic carbocycles. The van der Waals surface area contributed by atoms with Crippen LogP contribution in [-0.2, 0) is 17.7 Å². The van der Waals surface area contributed by atoms with E-state index >= 15 is 0 Å². The molecule has 0 spiro atoms. The molecule has 0 unspecified atom stereocenters. The number of carbonyl (C=O) groups is 1. The smallest absolute Gasteiger partial charge is 0.407 e. The lowest BCUT2D eigenvalue weighted by atomic mass is 10.2. The molecule has 0 aliphatic carbocycles. The van der Waals surface area contributed by atoms with E-state index in [1.54, 1.807) is 0 Å². The number of rotatable bonds is 6. The molecule has 28 heavy (non-hydrogen) atoms. The van der Waals surface area contributed by atoms with Crippen LogP contribution in [-0.4, -0.2) is 33.0 Å². The van der Waals surface area contributed by atoms with Crippen molar-refractivity contribution in [3.05, 3.63) is 72.1 Å². The fourth-order valence-corrected chi connectivity index (χ4v) is 2.74. The predicted octanol–water partition coefficient (Wildman–Crippen LogP) is 4.06. The topological polar surface area (TPSA) is 69.0 Å². The third kappa shape index (κ3) is 5.67. The molecule has 1 heterocycles. The van der Waals surface area contributed by atoms with Crippen LogP contribution in [0.4, 0.5) is 4.79 Å². The maximum atomic E-state index is 11.9. The van der Waals surface area contributed by atoms with E-state index in [2.05, 4.69) is 17.4 Å². The third-order valence-corrected chi connectivity index (χ3v) is 3.97. The van der Waals surface area contributed by atoms with Crippen molar-refractivity contribution in [2.45, 2.75) is 39.3 Å². The molecule has 0 fully saturated rings. The van der Waals surface area contributed by atoms with Gasteiger partial charge in [0.05, 0.1) is 6.54 Å². The first-order valence-electron chi connectivity index (χ1n) is 9.41. The monoisotopic (exact) mass is 378 g/mol. The Balaban J connectivity index is 1.74. The second-order valence-corrected chi connectivity index (χ2v) is 7.54. The molecule has 146 valence electrons. The van der Waals surface area contributed by atoms with Gasteiger partial charge in [-0.3, -0.25) is 0 Å². The minimum atomic E-state index is -0.516. The molecule has 1 amide bonds. The predicted molar refractivity (Wildman–Crippen MR) is 109 cm³/mol. The van der Waals surface area contributed by atoms with Crippen molar-refractivity contribution >= 4 is 6.09 Å². The van der Waals surface area contributed by atoms with Crippen LogP contribution >= 0.6 is 0 Å². The minimum absolute atomic E-state index is 0.426. The number of benzene rings is 2. The van der Waals surface area contributed by atoms with E-state index in [9.17, 15) is 4.79 Å². The summed E-state index contributed by atoms with van der Waals surface area (Å²) in [5, 5.41) is 7.48. The standard InChI is InChI=1S/C22H26N4O2/c1-22(2,3)28-21(27)23-15-14-19-24-20(18-12-8-5-9-13-18)25-26(19)16-17-10-6-4-7-11-17/h4-13H,14-16H2,1-3H3,(H,23,27). The van der Waals surface area contributed by atoms with Crippen molar-refractivity contribution in [2.24, 2.45) is 0 Å². The van der Waals surface area contributed by atoms with Gasteiger partial charge < -0.3 is 10.1 Å². The second kappa shape index (κ2) is 8.69. The van der Waals surface area contributed by atoms with Crippen molar-refractivity contribution in [3.63, 3.8) is 0 Å². The Bertz CT molecular complexity index is 899. The Morgan fingerprint density at radius 1 is 1.04 bits per heavy atom. The summed E-state index contributed by atoms with van der Waals surface area (Å²) in [7, 11) is 0. The van der Waals surface area contributed by atoms with Crippen LogP contribution in [0.15, 0.2) is 60.7 Å². The SMILES string of the molecule is CC(C)(C)OC(=O)NCCc1nc(-c2ccccc2)nn1Cc1ccccc1. The quantitative estimate of drug-likeness (QED) is 0.702. The fourth-order valence-electron chi connectivity index (χ4n) is 2.74. The zero-order valence-electron chi connectivity index (χ0n) is 16.6. The van der Waals surface area contributed by atoms with Gasteiger partial charge in [0.1, 0.15) is 11.4 Å². The van der Waals surface area contributed by atoms with Gasteiger partial charge in [0, 0.05) is 18.5 Å². The third-order valence-electron chi connectivity index (χ3n) is 3.97. The summed E-state index contributed by atoms with van der Waals surface area (Å²) in [5.74, 6) is 1.50. The highest BCUT2D eigenvalue weighted by molar-refractivity contribution is 5.67. The van der Waals surface area contributed by atoms with E-state index < -0.39 is 11.7 Å². The van der Waals surface area contributed by atoms with Crippen molar-refractivity contribution in [1.82, 2.24) is 20.1 Å². The average Bonchev–Trinajstić information content (AvgIpc) is 3.04. The number of nitrogens with one attached hydrogen (secondary N) is 1. The second-order valence-electron chi connectivity index (χ2n) is 7.54. The molecule has 0 saturated heterocycles. The van der Waals surface area contributed by atoms with Gasteiger partial charge in [0.25, 0.3) is 0 Å². The molecular formula is C22H26N4O2. The molecule has 1 N–H and O–H groups in total. The maximum absolute atomic E-state index is 11.9. The summed E-state index contributed by atoms with van der Waals surface area (Å²) < 4.78 is 7.18. The normalized spacial score (nSPS) is 11.2. The van der Waals surface area contributed by atoms with E-state index in [-0.39, 0.29) is 0 Å². The Hall–Kier alpha value is -3.15. The molecule has 0 saturated carbocycles. The van der Waals surface area contributed by atoms with Crippen LogP contribution < -0.4 is 5.32 Å². The minimum Gasteiger partial charge on any atom is -0.444 e. The van der Waals surface area contributed by atoms with Crippen molar-refractivity contribution in [3.8, 4) is 11.4 Å². The number of hydrogen-bond acceptors (Lipinski definition) is 4. The highest BCUT2D eigenvalue weighted by Crippen LogP contribution is 2.16. The van der Waals surface area contributed by atoms with Gasteiger partial charge in [-0.25, -0.2) is 14.5 Å². The lowest BCUT2D eigenvalue weighted by Crippen LogP contribution is -2.33. The highest BCUT2D eigenvalue weighted by Gasteiger charge is 2.17. The number of alkyl carbamates (subject to hydrolysis) is 1. The summed E-state index contributed by atoms with van der Waals surface area (Å²) in [4.78, 5) is 16.6. The zero-order valence-corrected chi connectivity index (χ0v) is 16.6. The fraction of sp³-hybridized carbons (Fsp3) is 0.318. The van der Waals surface area contributed by atoms with Gasteiger partial charge in [0.2, 0.25) is 0 Å². The van der Waals surface area contributed by atoms with Crippen LogP contribution in [0.25, 0.3) is 11.4 Å². The molecule has 0 radical (unpaired) electrons. The Kier molecular flexibility index (Phi) is 6.09. The lowest BCUT2D eigenvalue weighted by molar-refractivity contribution is 0.0528. The van der Waals surface area contributed by atoms with Gasteiger partial charge in [-0.1, -0.05) is 60.7 Å². The number of aromatic nitrogens is 3. The van der Waals surface area contributed by atoms with Gasteiger partial charge in [-0.05, 0) is 26.3 Å². The van der Waals surface area contributed by atoms with Crippen LogP contribution in [0.2, 0.25) is 0 Å². The molecule has 6 nitrogen and oxygen atoms in total. The van der Waals surface area contributed by atoms with Crippen LogP contribution in [0.5, 0.6) is 0 Å². The number of nitrogens with zero attached hydrogens (tertiary/aromatic N) is 3. The van der Waals surface area contributed by atoms with Crippen molar-refractivity contribution in [2.75, 3.05) is 6.54 Å². The molecular weight excluding hydrogens is 352 g/mol. The lowest BCUT2D eigenvalue weighted by Gasteiger charge is -2.19. The van der Waals surface area contributed by atoms with Gasteiger partial charge in [-0.2, -0.15) is 5.10 Å². The summed E-state index contributed by atoms with van der Waals surface area (Å²) in [6, 6.07) is 20.0. The number of hydrogen-bond donors (Lipinski definition) is 1. The van der Waals surface area contributed by atoms with E-state index in [1.807, 2.05) is 74.0 Å². The molecule has 3 aromatic rings. The van der Waals surface area contributed by atoms with E-state index in [0.717, 1.165) is 17.0 Å². The Labute approximate surface area is 165 Å². The molecule has 6 heteroatoms. The number of amides is 1. The van der Waals surface area contributed by atoms with Gasteiger partial charge >= 0.3 is 6.09 Å². The van der Waals surface area contributed by atoms with Gasteiger partial charge in [-0.15, -0.1) is 0 Å². The van der Waals surface area contributed by atoms with Crippen molar-refractivity contribution < 1.29 is 9.53 Å². The highest BCUT2D eigenvalue weighted by atomic mass is 16.6. The Morgan fingerprint density at radius 3 is 2.32 bits per heavy atom. The molecule has 0 aliphatic rings. The van der Waals surface area contributed by atoms with E-state index in [0.29, 0.717) is 25.3 Å². The average molecular weight is 378 g/mol. The largest absolute Gasteiger partial charge is 0.444 e. The summed E-state index contributed by atoms with van der Waals surface area (Å²) in [6.07, 6.45) is 0.135. The zero-order chi connectivity index (χ0) is 20.0. The first-order valence-corrected chi connectivity index (χ1v) is 9.41. The molecule has 0 aliphatic heterocycles. The Morgan fingerprint density at radius 2 is 1.68 bits per heavy atom. The molecule has 0 bridgehead atoms. The van der Waals surface area contributed by atoms with Crippen molar-refractivity contribution in [1.29, 1.82) is 0 Å². The molecule has 3 rings (SSSR count). The first kappa shape index (κ1) is 19.6. The maximum Gasteiger partial charge on any atom is 0.407 e. The molecule has 0 atom stereocenters. The van der Waals surface area contributed by atoms with E-state index in [1.165, 1.54) is 0 Å². The summed E-state index contributed by atoms with van der Waals surface area (Å²) in [6.45, 7) is 6.58. The van der Waals surface area contributed by atoms with Gasteiger partial charge in [0.15, 0.2) is 5.82 Å². The first-order chi connectivity index (χ1) is 13.4. The summed E-state index contributed by atoms with van der Waals surface area (Å²) >= 11 is 0. The number of ether oxygens (including phenoxy) is 1. The van der Waals surface area contributed by atoms with E-state index in [4.69, 9.17) is 14.8 Å². The number of carbonyl (C=O) groups excluding carboxylic acids is 1. The summed E-state index contributed by atoms with van der Waals surface area (Å²) in [5.41, 5.74) is 1.60.